The lowest BCUT2D eigenvalue weighted by Crippen LogP contribution is -2.18. The van der Waals surface area contributed by atoms with Crippen molar-refractivity contribution in [1.29, 1.82) is 0 Å². The van der Waals surface area contributed by atoms with Crippen molar-refractivity contribution in [3.63, 3.8) is 0 Å². The van der Waals surface area contributed by atoms with Gasteiger partial charge in [-0.3, -0.25) is 9.11 Å². The lowest BCUT2D eigenvalue weighted by Gasteiger charge is -2.08. The van der Waals surface area contributed by atoms with Crippen molar-refractivity contribution in [2.24, 2.45) is 5.92 Å². The molecule has 0 saturated heterocycles. The summed E-state index contributed by atoms with van der Waals surface area (Å²) < 4.78 is 59.1. The highest BCUT2D eigenvalue weighted by atomic mass is 32.2. The summed E-state index contributed by atoms with van der Waals surface area (Å²) in [5.41, 5.74) is 1.91. The smallest absolute Gasteiger partial charge is 0.294 e. The quantitative estimate of drug-likeness (QED) is 0.521. The van der Waals surface area contributed by atoms with Gasteiger partial charge in [-0.2, -0.15) is 16.8 Å². The molecule has 0 saturated carbocycles. The van der Waals surface area contributed by atoms with E-state index in [4.69, 9.17) is 19.3 Å². The van der Waals surface area contributed by atoms with Crippen LogP contribution >= 0.6 is 0 Å². The highest BCUT2D eigenvalue weighted by Gasteiger charge is 2.07. The molecule has 1 atom stereocenters. The zero-order valence-electron chi connectivity index (χ0n) is 16.7. The van der Waals surface area contributed by atoms with Crippen LogP contribution in [0.25, 0.3) is 0 Å². The van der Waals surface area contributed by atoms with Gasteiger partial charge in [0.1, 0.15) is 0 Å². The Morgan fingerprint density at radius 3 is 1.14 bits per heavy atom. The van der Waals surface area contributed by atoms with Crippen LogP contribution in [0.1, 0.15) is 25.0 Å². The van der Waals surface area contributed by atoms with E-state index in [2.05, 4.69) is 0 Å². The molecule has 0 aromatic heterocycles. The van der Waals surface area contributed by atoms with E-state index >= 15 is 0 Å². The van der Waals surface area contributed by atoms with Crippen LogP contribution in [0, 0.1) is 19.8 Å². The summed E-state index contributed by atoms with van der Waals surface area (Å²) in [6.07, 6.45) is -0.542. The van der Waals surface area contributed by atoms with Gasteiger partial charge in [0, 0.05) is 0 Å². The van der Waals surface area contributed by atoms with Gasteiger partial charge in [0.15, 0.2) is 0 Å². The van der Waals surface area contributed by atoms with Gasteiger partial charge in [0.2, 0.25) is 0 Å². The van der Waals surface area contributed by atoms with Gasteiger partial charge in [0.05, 0.1) is 22.5 Å². The molecule has 0 aliphatic rings. The molecule has 0 bridgehead atoms. The molecule has 2 aromatic carbocycles. The molecule has 0 spiro atoms. The molecule has 164 valence electrons. The number of benzene rings is 2. The van der Waals surface area contributed by atoms with Crippen LogP contribution in [0.3, 0.4) is 0 Å². The maximum absolute atomic E-state index is 10.5. The largest absolute Gasteiger partial charge is 0.394 e. The summed E-state index contributed by atoms with van der Waals surface area (Å²) in [6, 6.07) is 12.0. The molecule has 4 N–H and O–H groups in total. The van der Waals surface area contributed by atoms with Crippen molar-refractivity contribution in [2.45, 2.75) is 43.6 Å². The first kappa shape index (κ1) is 27.2. The first-order valence-electron chi connectivity index (χ1n) is 8.55. The molecule has 0 unspecified atom stereocenters. The third-order valence-corrected chi connectivity index (χ3v) is 5.33. The second-order valence-corrected chi connectivity index (χ2v) is 9.41. The molecular weight excluding hydrogens is 420 g/mol. The number of aryl methyl sites for hydroxylation is 2. The van der Waals surface area contributed by atoms with Crippen LogP contribution in [-0.4, -0.2) is 48.9 Å². The summed E-state index contributed by atoms with van der Waals surface area (Å²) in [5, 5.41) is 16.9. The van der Waals surface area contributed by atoms with Crippen LogP contribution in [0.2, 0.25) is 0 Å². The van der Waals surface area contributed by atoms with Crippen LogP contribution in [0.5, 0.6) is 0 Å². The fourth-order valence-corrected chi connectivity index (χ4v) is 2.59. The Labute approximate surface area is 172 Å². The third kappa shape index (κ3) is 11.7. The third-order valence-electron chi connectivity index (χ3n) is 3.59. The van der Waals surface area contributed by atoms with Gasteiger partial charge in [-0.05, 0) is 44.0 Å². The minimum Gasteiger partial charge on any atom is -0.394 e. The molecule has 0 radical (unpaired) electrons. The Bertz CT molecular complexity index is 859. The molecule has 0 amide bonds. The highest BCUT2D eigenvalue weighted by molar-refractivity contribution is 7.86. The predicted octanol–water partition coefficient (Wildman–Crippen LogP) is 2.48. The molecule has 10 heteroatoms. The van der Waals surface area contributed by atoms with E-state index in [0.717, 1.165) is 11.1 Å². The molecule has 0 aliphatic heterocycles. The van der Waals surface area contributed by atoms with Crippen molar-refractivity contribution in [3.8, 4) is 0 Å². The molecule has 2 aromatic rings. The summed E-state index contributed by atoms with van der Waals surface area (Å²) >= 11 is 0. The SMILES string of the molecule is CC(C)[C@@H](O)CO.Cc1ccc(S(=O)(=O)O)cc1.Cc1ccc(S(=O)(=O)O)cc1. The minimum atomic E-state index is -4.02. The fourth-order valence-electron chi connectivity index (χ4n) is 1.63. The number of rotatable bonds is 4. The summed E-state index contributed by atoms with van der Waals surface area (Å²) in [7, 11) is -8.04. The second-order valence-electron chi connectivity index (χ2n) is 6.57. The van der Waals surface area contributed by atoms with Crippen LogP contribution < -0.4 is 0 Å². The molecule has 0 fully saturated rings. The van der Waals surface area contributed by atoms with Gasteiger partial charge in [-0.25, -0.2) is 0 Å². The number of hydrogen-bond donors (Lipinski definition) is 4. The zero-order chi connectivity index (χ0) is 22.8. The van der Waals surface area contributed by atoms with Crippen LogP contribution in [0.4, 0.5) is 0 Å². The van der Waals surface area contributed by atoms with Gasteiger partial charge in [0.25, 0.3) is 20.2 Å². The molecule has 0 aliphatic carbocycles. The second kappa shape index (κ2) is 12.0. The minimum absolute atomic E-state index is 0.0666. The van der Waals surface area contributed by atoms with Crippen molar-refractivity contribution in [2.75, 3.05) is 6.61 Å². The number of aliphatic hydroxyl groups excluding tert-OH is 2. The summed E-state index contributed by atoms with van der Waals surface area (Å²) in [4.78, 5) is -0.133. The summed E-state index contributed by atoms with van der Waals surface area (Å²) in [6.45, 7) is 7.28. The maximum Gasteiger partial charge on any atom is 0.294 e. The fraction of sp³-hybridized carbons (Fsp3) is 0.368. The number of aliphatic hydroxyl groups is 2. The van der Waals surface area contributed by atoms with E-state index in [1.54, 1.807) is 24.3 Å². The standard InChI is InChI=1S/2C7H8O3S.C5H12O2/c2*1-6-2-4-7(5-3-6)11(8,9)10;1-4(2)5(7)3-6/h2*2-5H,1H3,(H,8,9,10);4-7H,3H2,1-2H3/t;;5-/m..0/s1. The van der Waals surface area contributed by atoms with Crippen LogP contribution in [0.15, 0.2) is 58.3 Å². The van der Waals surface area contributed by atoms with Crippen molar-refractivity contribution in [1.82, 2.24) is 0 Å². The van der Waals surface area contributed by atoms with E-state index < -0.39 is 26.3 Å². The molecule has 8 nitrogen and oxygen atoms in total. The molecule has 29 heavy (non-hydrogen) atoms. The van der Waals surface area contributed by atoms with Gasteiger partial charge in [-0.15, -0.1) is 0 Å². The van der Waals surface area contributed by atoms with E-state index in [9.17, 15) is 16.8 Å². The lowest BCUT2D eigenvalue weighted by atomic mass is 10.1. The Hall–Kier alpha value is -1.82. The van der Waals surface area contributed by atoms with Gasteiger partial charge in [-0.1, -0.05) is 49.2 Å². The van der Waals surface area contributed by atoms with E-state index in [1.165, 1.54) is 24.3 Å². The van der Waals surface area contributed by atoms with Gasteiger partial charge >= 0.3 is 0 Å². The normalized spacial score (nSPS) is 12.3. The topological polar surface area (TPSA) is 149 Å². The van der Waals surface area contributed by atoms with Crippen molar-refractivity contribution in [3.05, 3.63) is 59.7 Å². The Morgan fingerprint density at radius 1 is 0.724 bits per heavy atom. The molecular formula is C19H28O8S2. The van der Waals surface area contributed by atoms with Crippen molar-refractivity contribution < 1.29 is 36.2 Å². The predicted molar refractivity (Wildman–Crippen MR) is 110 cm³/mol. The monoisotopic (exact) mass is 448 g/mol. The Balaban J connectivity index is 0.000000419. The van der Waals surface area contributed by atoms with E-state index in [0.29, 0.717) is 0 Å². The average Bonchev–Trinajstić information content (AvgIpc) is 2.61. The average molecular weight is 449 g/mol. The number of hydrogen-bond acceptors (Lipinski definition) is 6. The van der Waals surface area contributed by atoms with Crippen molar-refractivity contribution >= 4 is 20.2 Å². The first-order chi connectivity index (χ1) is 13.2. The first-order valence-corrected chi connectivity index (χ1v) is 11.4. The zero-order valence-corrected chi connectivity index (χ0v) is 18.4. The van der Waals surface area contributed by atoms with Crippen LogP contribution in [-0.2, 0) is 20.2 Å². The Morgan fingerprint density at radius 2 is 1.00 bits per heavy atom. The van der Waals surface area contributed by atoms with E-state index in [1.807, 2.05) is 27.7 Å². The molecule has 0 heterocycles. The highest BCUT2D eigenvalue weighted by Crippen LogP contribution is 2.09. The Kier molecular flexibility index (Phi) is 11.3. The van der Waals surface area contributed by atoms with E-state index in [-0.39, 0.29) is 22.3 Å². The maximum atomic E-state index is 10.5. The molecule has 2 rings (SSSR count). The van der Waals surface area contributed by atoms with Gasteiger partial charge < -0.3 is 10.2 Å². The lowest BCUT2D eigenvalue weighted by molar-refractivity contribution is 0.0597. The summed E-state index contributed by atoms with van der Waals surface area (Å²) in [5.74, 6) is 0.171.